The number of morpholine rings is 1. The van der Waals surface area contributed by atoms with Crippen LogP contribution in [0.15, 0.2) is 48.5 Å². The number of carbonyl (C=O) groups excluding carboxylic acids is 1. The first-order valence-corrected chi connectivity index (χ1v) is 10.4. The maximum Gasteiger partial charge on any atom is 0.293 e. The van der Waals surface area contributed by atoms with Gasteiger partial charge in [-0.05, 0) is 12.1 Å². The molecule has 2 aliphatic rings. The highest BCUT2D eigenvalue weighted by molar-refractivity contribution is 5.95. The topological polar surface area (TPSA) is 80.4 Å². The minimum atomic E-state index is -0.399. The molecule has 8 heteroatoms. The summed E-state index contributed by atoms with van der Waals surface area (Å²) in [6.45, 7) is 6.31. The fourth-order valence-electron chi connectivity index (χ4n) is 4.14. The summed E-state index contributed by atoms with van der Waals surface area (Å²) in [7, 11) is 0. The predicted octanol–water partition coefficient (Wildman–Crippen LogP) is 0.972. The highest BCUT2D eigenvalue weighted by atomic mass is 16.6. The number of ether oxygens (including phenoxy) is 1. The van der Waals surface area contributed by atoms with Gasteiger partial charge in [-0.2, -0.15) is 0 Å². The second-order valence-corrected chi connectivity index (χ2v) is 7.76. The van der Waals surface area contributed by atoms with Gasteiger partial charge in [-0.25, -0.2) is 0 Å². The molecule has 0 saturated carbocycles. The molecule has 158 valence electrons. The molecule has 8 nitrogen and oxygen atoms in total. The Bertz CT molecular complexity index is 891. The Morgan fingerprint density at radius 3 is 2.40 bits per heavy atom. The molecular weight excluding hydrogens is 384 g/mol. The lowest BCUT2D eigenvalue weighted by molar-refractivity contribution is -0.917. The van der Waals surface area contributed by atoms with Crippen molar-refractivity contribution in [3.63, 3.8) is 0 Å². The van der Waals surface area contributed by atoms with Crippen molar-refractivity contribution in [3.05, 3.63) is 69.8 Å². The molecule has 2 fully saturated rings. The predicted molar refractivity (Wildman–Crippen MR) is 113 cm³/mol. The lowest BCUT2D eigenvalue weighted by atomic mass is 10.1. The van der Waals surface area contributed by atoms with E-state index in [9.17, 15) is 14.9 Å². The minimum absolute atomic E-state index is 0.0175. The van der Waals surface area contributed by atoms with Gasteiger partial charge in [-0.15, -0.1) is 0 Å². The van der Waals surface area contributed by atoms with Gasteiger partial charge in [0.2, 0.25) is 0 Å². The number of nitrogens with one attached hydrogen (secondary N) is 1. The highest BCUT2D eigenvalue weighted by Gasteiger charge is 2.28. The van der Waals surface area contributed by atoms with Gasteiger partial charge >= 0.3 is 0 Å². The van der Waals surface area contributed by atoms with Crippen LogP contribution in [0.25, 0.3) is 0 Å². The zero-order chi connectivity index (χ0) is 20.9. The van der Waals surface area contributed by atoms with Gasteiger partial charge in [-0.3, -0.25) is 14.9 Å². The Labute approximate surface area is 175 Å². The van der Waals surface area contributed by atoms with Crippen molar-refractivity contribution in [2.24, 2.45) is 0 Å². The van der Waals surface area contributed by atoms with E-state index < -0.39 is 4.92 Å². The van der Waals surface area contributed by atoms with E-state index in [1.54, 1.807) is 12.1 Å². The molecule has 2 saturated heterocycles. The van der Waals surface area contributed by atoms with Gasteiger partial charge in [0.25, 0.3) is 11.6 Å². The van der Waals surface area contributed by atoms with E-state index in [-0.39, 0.29) is 11.6 Å². The molecule has 1 N–H and O–H groups in total. The number of piperazine rings is 1. The monoisotopic (exact) mass is 411 g/mol. The van der Waals surface area contributed by atoms with Crippen LogP contribution in [0.5, 0.6) is 0 Å². The molecule has 0 unspecified atom stereocenters. The van der Waals surface area contributed by atoms with Crippen molar-refractivity contribution >= 4 is 17.3 Å². The largest absolute Gasteiger partial charge is 0.378 e. The van der Waals surface area contributed by atoms with Crippen LogP contribution in [-0.2, 0) is 11.3 Å². The van der Waals surface area contributed by atoms with Crippen LogP contribution in [0, 0.1) is 10.1 Å². The molecule has 1 amide bonds. The molecule has 2 aromatic carbocycles. The summed E-state index contributed by atoms with van der Waals surface area (Å²) in [6.07, 6.45) is 0. The molecular formula is C22H27N4O4+. The second kappa shape index (κ2) is 9.23. The molecule has 2 aliphatic heterocycles. The van der Waals surface area contributed by atoms with Gasteiger partial charge in [0.05, 0.1) is 44.3 Å². The summed E-state index contributed by atoms with van der Waals surface area (Å²) >= 11 is 0. The first kappa shape index (κ1) is 20.3. The Morgan fingerprint density at radius 1 is 1.03 bits per heavy atom. The minimum Gasteiger partial charge on any atom is -0.378 e. The number of rotatable bonds is 5. The van der Waals surface area contributed by atoms with E-state index in [0.717, 1.165) is 19.6 Å². The summed E-state index contributed by atoms with van der Waals surface area (Å²) in [5.41, 5.74) is 2.21. The molecule has 0 aliphatic carbocycles. The summed E-state index contributed by atoms with van der Waals surface area (Å²) < 4.78 is 5.33. The summed E-state index contributed by atoms with van der Waals surface area (Å²) in [6, 6.07) is 15.2. The standard InChI is InChI=1S/C22H26N4O4/c27-22(25-10-8-23(9-11-25)17-18-4-2-1-3-5-18)19-6-7-20(21(16-19)26(28)29)24-12-14-30-15-13-24/h1-7,16H,8-15,17H2/p+1. The molecule has 0 aromatic heterocycles. The molecule has 4 rings (SSSR count). The van der Waals surface area contributed by atoms with Crippen molar-refractivity contribution in [2.75, 3.05) is 57.4 Å². The Balaban J connectivity index is 1.42. The lowest BCUT2D eigenvalue weighted by Crippen LogP contribution is -3.13. The van der Waals surface area contributed by atoms with Gasteiger partial charge in [0, 0.05) is 30.3 Å². The quantitative estimate of drug-likeness (QED) is 0.586. The number of nitro benzene ring substituents is 1. The third-order valence-electron chi connectivity index (χ3n) is 5.83. The van der Waals surface area contributed by atoms with Gasteiger partial charge in [0.15, 0.2) is 0 Å². The Hall–Kier alpha value is -2.97. The summed E-state index contributed by atoms with van der Waals surface area (Å²) in [4.78, 5) is 29.4. The van der Waals surface area contributed by atoms with Gasteiger partial charge in [0.1, 0.15) is 12.2 Å². The van der Waals surface area contributed by atoms with Crippen LogP contribution in [0.1, 0.15) is 15.9 Å². The molecule has 0 radical (unpaired) electrons. The first-order valence-electron chi connectivity index (χ1n) is 10.4. The Kier molecular flexibility index (Phi) is 6.25. The normalized spacial score (nSPS) is 17.7. The maximum absolute atomic E-state index is 13.0. The molecule has 2 heterocycles. The zero-order valence-electron chi connectivity index (χ0n) is 17.0. The van der Waals surface area contributed by atoms with Crippen LogP contribution >= 0.6 is 0 Å². The van der Waals surface area contributed by atoms with E-state index in [1.165, 1.54) is 16.5 Å². The van der Waals surface area contributed by atoms with Crippen molar-refractivity contribution in [2.45, 2.75) is 6.54 Å². The van der Waals surface area contributed by atoms with Crippen LogP contribution < -0.4 is 9.80 Å². The van der Waals surface area contributed by atoms with Crippen molar-refractivity contribution in [1.29, 1.82) is 0 Å². The average molecular weight is 411 g/mol. The molecule has 2 aromatic rings. The number of nitro groups is 1. The van der Waals surface area contributed by atoms with Crippen LogP contribution in [-0.4, -0.2) is 68.2 Å². The molecule has 0 spiro atoms. The van der Waals surface area contributed by atoms with Crippen LogP contribution in [0.4, 0.5) is 11.4 Å². The maximum atomic E-state index is 13.0. The van der Waals surface area contributed by atoms with E-state index in [2.05, 4.69) is 12.1 Å². The van der Waals surface area contributed by atoms with E-state index in [0.29, 0.717) is 50.6 Å². The number of benzene rings is 2. The van der Waals surface area contributed by atoms with E-state index in [1.807, 2.05) is 28.0 Å². The van der Waals surface area contributed by atoms with Crippen molar-refractivity contribution in [1.82, 2.24) is 4.90 Å². The fraction of sp³-hybridized carbons (Fsp3) is 0.409. The second-order valence-electron chi connectivity index (χ2n) is 7.76. The average Bonchev–Trinajstić information content (AvgIpc) is 2.80. The number of amides is 1. The summed E-state index contributed by atoms with van der Waals surface area (Å²) in [5, 5.41) is 11.7. The number of quaternary nitrogens is 1. The number of carbonyl (C=O) groups is 1. The molecule has 0 bridgehead atoms. The molecule has 30 heavy (non-hydrogen) atoms. The van der Waals surface area contributed by atoms with Gasteiger partial charge < -0.3 is 19.4 Å². The highest BCUT2D eigenvalue weighted by Crippen LogP contribution is 2.30. The Morgan fingerprint density at radius 2 is 1.73 bits per heavy atom. The van der Waals surface area contributed by atoms with E-state index >= 15 is 0 Å². The first-order chi connectivity index (χ1) is 14.6. The zero-order valence-corrected chi connectivity index (χ0v) is 17.0. The van der Waals surface area contributed by atoms with Gasteiger partial charge in [-0.1, -0.05) is 30.3 Å². The third-order valence-corrected chi connectivity index (χ3v) is 5.83. The molecule has 0 atom stereocenters. The number of hydrogen-bond donors (Lipinski definition) is 1. The fourth-order valence-corrected chi connectivity index (χ4v) is 4.14. The number of anilines is 1. The number of hydrogen-bond acceptors (Lipinski definition) is 5. The van der Waals surface area contributed by atoms with Crippen LogP contribution in [0.2, 0.25) is 0 Å². The number of nitrogens with zero attached hydrogens (tertiary/aromatic N) is 3. The van der Waals surface area contributed by atoms with Crippen molar-refractivity contribution < 1.29 is 19.4 Å². The third kappa shape index (κ3) is 4.60. The SMILES string of the molecule is O=C(c1ccc(N2CCOCC2)c([N+](=O)[O-])c1)N1CC[NH+](Cc2ccccc2)CC1. The summed E-state index contributed by atoms with van der Waals surface area (Å²) in [5.74, 6) is -0.134. The smallest absolute Gasteiger partial charge is 0.293 e. The van der Waals surface area contributed by atoms with E-state index in [4.69, 9.17) is 4.74 Å². The lowest BCUT2D eigenvalue weighted by Gasteiger charge is -2.32. The van der Waals surface area contributed by atoms with Crippen LogP contribution in [0.3, 0.4) is 0 Å². The van der Waals surface area contributed by atoms with Crippen molar-refractivity contribution in [3.8, 4) is 0 Å².